The number of halogens is 1. The molecule has 0 aliphatic carbocycles. The second-order valence-corrected chi connectivity index (χ2v) is 5.39. The Hall–Kier alpha value is -3.06. The number of carbonyl (C=O) groups is 1. The Morgan fingerprint density at radius 2 is 1.92 bits per heavy atom. The molecule has 2 aromatic carbocycles. The molecule has 6 nitrogen and oxygen atoms in total. The summed E-state index contributed by atoms with van der Waals surface area (Å²) in [5.74, 6) is -0.418. The van der Waals surface area contributed by atoms with E-state index in [9.17, 15) is 14.0 Å². The van der Waals surface area contributed by atoms with Gasteiger partial charge in [0.05, 0.1) is 10.9 Å². The van der Waals surface area contributed by atoms with Gasteiger partial charge in [-0.2, -0.15) is 0 Å². The van der Waals surface area contributed by atoms with Gasteiger partial charge in [0, 0.05) is 12.1 Å². The number of para-hydroxylation sites is 1. The minimum Gasteiger partial charge on any atom is -0.364 e. The highest BCUT2D eigenvalue weighted by Gasteiger charge is 2.07. The van der Waals surface area contributed by atoms with Gasteiger partial charge in [-0.3, -0.25) is 9.59 Å². The molecule has 1 aromatic heterocycles. The zero-order chi connectivity index (χ0) is 17.6. The topological polar surface area (TPSA) is 84.1 Å². The average molecular weight is 341 g/mol. The lowest BCUT2D eigenvalue weighted by atomic mass is 10.2. The maximum atomic E-state index is 13.5. The van der Waals surface area contributed by atoms with Crippen LogP contribution < -0.4 is 10.9 Å². The quantitative estimate of drug-likeness (QED) is 0.717. The van der Waals surface area contributed by atoms with Crippen LogP contribution >= 0.6 is 0 Å². The van der Waals surface area contributed by atoms with E-state index in [-0.39, 0.29) is 37.0 Å². The minimum absolute atomic E-state index is 0.00675. The van der Waals surface area contributed by atoms with Gasteiger partial charge in [-0.15, -0.1) is 0 Å². The van der Waals surface area contributed by atoms with E-state index < -0.39 is 0 Å². The van der Waals surface area contributed by atoms with Crippen LogP contribution in [-0.2, 0) is 22.7 Å². The number of benzene rings is 2. The molecular weight excluding hydrogens is 325 g/mol. The Morgan fingerprint density at radius 1 is 1.16 bits per heavy atom. The Labute approximate surface area is 142 Å². The van der Waals surface area contributed by atoms with E-state index in [0.717, 1.165) is 0 Å². The number of hydrogen-bond donors (Lipinski definition) is 2. The van der Waals surface area contributed by atoms with Crippen molar-refractivity contribution >= 4 is 16.8 Å². The molecule has 25 heavy (non-hydrogen) atoms. The smallest absolute Gasteiger partial charge is 0.258 e. The third-order valence-corrected chi connectivity index (χ3v) is 3.57. The number of ether oxygens (including phenoxy) is 1. The van der Waals surface area contributed by atoms with Crippen LogP contribution in [0.2, 0.25) is 0 Å². The third kappa shape index (κ3) is 4.27. The summed E-state index contributed by atoms with van der Waals surface area (Å²) < 4.78 is 18.7. The SMILES string of the molecule is O=C(COCc1nc2ccccc2c(=O)[nH]1)NCc1ccccc1F. The second-order valence-electron chi connectivity index (χ2n) is 5.39. The lowest BCUT2D eigenvalue weighted by molar-refractivity contribution is -0.126. The van der Waals surface area contributed by atoms with Crippen LogP contribution in [0, 0.1) is 5.82 Å². The fourth-order valence-electron chi connectivity index (χ4n) is 2.33. The van der Waals surface area contributed by atoms with E-state index in [2.05, 4.69) is 15.3 Å². The van der Waals surface area contributed by atoms with Crippen molar-refractivity contribution in [1.82, 2.24) is 15.3 Å². The molecule has 0 atom stereocenters. The van der Waals surface area contributed by atoms with Crippen molar-refractivity contribution in [2.45, 2.75) is 13.2 Å². The van der Waals surface area contributed by atoms with Gasteiger partial charge < -0.3 is 15.0 Å². The number of amides is 1. The standard InChI is InChI=1S/C18H16FN3O3/c19-14-7-3-1-5-12(14)9-20-17(23)11-25-10-16-21-15-8-4-2-6-13(15)18(24)22-16/h1-8H,9-11H2,(H,20,23)(H,21,22,24). The van der Waals surface area contributed by atoms with E-state index in [0.29, 0.717) is 22.3 Å². The zero-order valence-corrected chi connectivity index (χ0v) is 13.3. The first-order valence-corrected chi connectivity index (χ1v) is 7.69. The Bertz CT molecular complexity index is 955. The summed E-state index contributed by atoms with van der Waals surface area (Å²) in [5.41, 5.74) is 0.707. The molecule has 7 heteroatoms. The van der Waals surface area contributed by atoms with Gasteiger partial charge in [-0.05, 0) is 18.2 Å². The van der Waals surface area contributed by atoms with Gasteiger partial charge >= 0.3 is 0 Å². The van der Waals surface area contributed by atoms with Crippen molar-refractivity contribution in [3.63, 3.8) is 0 Å². The summed E-state index contributed by atoms with van der Waals surface area (Å²) >= 11 is 0. The van der Waals surface area contributed by atoms with Crippen LogP contribution in [0.5, 0.6) is 0 Å². The predicted molar refractivity (Wildman–Crippen MR) is 90.3 cm³/mol. The highest BCUT2D eigenvalue weighted by molar-refractivity contribution is 5.77. The molecule has 128 valence electrons. The van der Waals surface area contributed by atoms with E-state index in [1.165, 1.54) is 6.07 Å². The molecule has 0 saturated heterocycles. The molecule has 0 bridgehead atoms. The molecule has 0 aliphatic heterocycles. The molecular formula is C18H16FN3O3. The predicted octanol–water partition coefficient (Wildman–Crippen LogP) is 1.90. The minimum atomic E-state index is -0.383. The lowest BCUT2D eigenvalue weighted by Gasteiger charge is -2.07. The van der Waals surface area contributed by atoms with Crippen molar-refractivity contribution in [2.75, 3.05) is 6.61 Å². The molecule has 0 unspecified atom stereocenters. The number of nitrogens with zero attached hydrogens (tertiary/aromatic N) is 1. The molecule has 1 amide bonds. The number of nitrogens with one attached hydrogen (secondary N) is 2. The highest BCUT2D eigenvalue weighted by Crippen LogP contribution is 2.07. The summed E-state index contributed by atoms with van der Waals surface area (Å²) in [7, 11) is 0. The molecule has 0 fully saturated rings. The first-order valence-electron chi connectivity index (χ1n) is 7.69. The first kappa shape index (κ1) is 16.8. The molecule has 2 N–H and O–H groups in total. The number of fused-ring (bicyclic) bond motifs is 1. The van der Waals surface area contributed by atoms with Crippen molar-refractivity contribution in [3.8, 4) is 0 Å². The largest absolute Gasteiger partial charge is 0.364 e. The van der Waals surface area contributed by atoms with E-state index in [1.54, 1.807) is 42.5 Å². The van der Waals surface area contributed by atoms with Crippen LogP contribution in [0.15, 0.2) is 53.3 Å². The number of H-pyrrole nitrogens is 1. The summed E-state index contributed by atoms with van der Waals surface area (Å²) in [5, 5.41) is 3.07. The molecule has 3 rings (SSSR count). The average Bonchev–Trinajstić information content (AvgIpc) is 2.61. The summed E-state index contributed by atoms with van der Waals surface area (Å²) in [6.07, 6.45) is 0. The maximum Gasteiger partial charge on any atom is 0.258 e. The van der Waals surface area contributed by atoms with Gasteiger partial charge in [-0.25, -0.2) is 9.37 Å². The van der Waals surface area contributed by atoms with E-state index >= 15 is 0 Å². The van der Waals surface area contributed by atoms with Gasteiger partial charge in [0.1, 0.15) is 24.9 Å². The summed E-state index contributed by atoms with van der Waals surface area (Å²) in [4.78, 5) is 30.6. The molecule has 1 heterocycles. The maximum absolute atomic E-state index is 13.5. The van der Waals surface area contributed by atoms with Gasteiger partial charge in [0.25, 0.3) is 5.56 Å². The molecule has 0 radical (unpaired) electrons. The number of rotatable bonds is 6. The highest BCUT2D eigenvalue weighted by atomic mass is 19.1. The Balaban J connectivity index is 1.52. The van der Waals surface area contributed by atoms with Crippen molar-refractivity contribution in [3.05, 3.63) is 76.1 Å². The number of aromatic amines is 1. The van der Waals surface area contributed by atoms with Crippen LogP contribution in [0.1, 0.15) is 11.4 Å². The van der Waals surface area contributed by atoms with E-state index in [4.69, 9.17) is 4.74 Å². The summed E-state index contributed by atoms with van der Waals surface area (Å²) in [6, 6.07) is 13.2. The fraction of sp³-hybridized carbons (Fsp3) is 0.167. The Morgan fingerprint density at radius 3 is 2.76 bits per heavy atom. The second kappa shape index (κ2) is 7.67. The van der Waals surface area contributed by atoms with Crippen molar-refractivity contribution in [1.29, 1.82) is 0 Å². The first-order chi connectivity index (χ1) is 12.1. The van der Waals surface area contributed by atoms with Crippen molar-refractivity contribution in [2.24, 2.45) is 0 Å². The number of carbonyl (C=O) groups excluding carboxylic acids is 1. The van der Waals surface area contributed by atoms with Gasteiger partial charge in [-0.1, -0.05) is 30.3 Å². The van der Waals surface area contributed by atoms with Crippen LogP contribution in [-0.4, -0.2) is 22.5 Å². The van der Waals surface area contributed by atoms with Crippen LogP contribution in [0.4, 0.5) is 4.39 Å². The normalized spacial score (nSPS) is 10.8. The third-order valence-electron chi connectivity index (χ3n) is 3.57. The lowest BCUT2D eigenvalue weighted by Crippen LogP contribution is -2.27. The monoisotopic (exact) mass is 341 g/mol. The zero-order valence-electron chi connectivity index (χ0n) is 13.3. The van der Waals surface area contributed by atoms with Crippen LogP contribution in [0.25, 0.3) is 10.9 Å². The Kier molecular flexibility index (Phi) is 5.15. The molecule has 0 spiro atoms. The van der Waals surface area contributed by atoms with Crippen LogP contribution in [0.3, 0.4) is 0 Å². The van der Waals surface area contributed by atoms with Gasteiger partial charge in [0.2, 0.25) is 5.91 Å². The van der Waals surface area contributed by atoms with Crippen molar-refractivity contribution < 1.29 is 13.9 Å². The van der Waals surface area contributed by atoms with Gasteiger partial charge in [0.15, 0.2) is 0 Å². The number of aromatic nitrogens is 2. The molecule has 0 aliphatic rings. The number of hydrogen-bond acceptors (Lipinski definition) is 4. The molecule has 0 saturated carbocycles. The molecule has 3 aromatic rings. The fourth-order valence-corrected chi connectivity index (χ4v) is 2.33. The summed E-state index contributed by atoms with van der Waals surface area (Å²) in [6.45, 7) is -0.141. The van der Waals surface area contributed by atoms with E-state index in [1.807, 2.05) is 0 Å².